The van der Waals surface area contributed by atoms with E-state index < -0.39 is 5.97 Å². The number of aryl methyl sites for hydroxylation is 6. The minimum absolute atomic E-state index is 0. The van der Waals surface area contributed by atoms with Crippen LogP contribution in [0.15, 0.2) is 88.4 Å². The molecule has 23 heteroatoms. The third kappa shape index (κ3) is 30.6. The number of terminal acetylenes is 1. The van der Waals surface area contributed by atoms with E-state index in [1.54, 1.807) is 43.0 Å². The van der Waals surface area contributed by atoms with E-state index in [4.69, 9.17) is 20.6 Å². The van der Waals surface area contributed by atoms with Crippen LogP contribution in [0, 0.1) is 53.9 Å². The summed E-state index contributed by atoms with van der Waals surface area (Å²) in [6.45, 7) is 26.7. The third-order valence-corrected chi connectivity index (χ3v) is 12.6. The third-order valence-electron chi connectivity index (χ3n) is 8.55. The number of esters is 4. The summed E-state index contributed by atoms with van der Waals surface area (Å²) < 4.78 is 25.9. The van der Waals surface area contributed by atoms with Gasteiger partial charge in [-0.1, -0.05) is 81.6 Å². The molecule has 0 saturated carbocycles. The number of ether oxygens (including phenoxy) is 4. The number of carbonyl (C=O) groups is 4. The number of nitrogens with one attached hydrogen (secondary N) is 1. The number of hydrogen-bond donors (Lipinski definition) is 1. The lowest BCUT2D eigenvalue weighted by Crippen LogP contribution is -2.11. The Balaban J connectivity index is 0.000000987. The van der Waals surface area contributed by atoms with E-state index >= 15 is 0 Å². The number of hydrogen-bond acceptors (Lipinski definition) is 14. The van der Waals surface area contributed by atoms with Crippen LogP contribution in [0.25, 0.3) is 46.6 Å². The van der Waals surface area contributed by atoms with E-state index in [0.717, 1.165) is 44.8 Å². The summed E-state index contributed by atoms with van der Waals surface area (Å²) >= 11 is 12.1. The van der Waals surface area contributed by atoms with Gasteiger partial charge in [-0.15, -0.1) is 16.6 Å². The van der Waals surface area contributed by atoms with Crippen molar-refractivity contribution in [3.05, 3.63) is 122 Å². The maximum Gasteiger partial charge on any atom is 0.384 e. The van der Waals surface area contributed by atoms with Crippen molar-refractivity contribution < 1.29 is 38.1 Å². The molecule has 0 amide bonds. The van der Waals surface area contributed by atoms with Crippen molar-refractivity contribution in [1.29, 1.82) is 0 Å². The Morgan fingerprint density at radius 1 is 0.538 bits per heavy atom. The molecule has 0 atom stereocenters. The first-order chi connectivity index (χ1) is 36.2. The average Bonchev–Trinajstić information content (AvgIpc) is 4.15. The zero-order valence-electron chi connectivity index (χ0n) is 45.2. The van der Waals surface area contributed by atoms with Gasteiger partial charge in [0, 0.05) is 59.8 Å². The molecule has 0 spiro atoms. The Kier molecular flexibility index (Phi) is 37.5. The van der Waals surface area contributed by atoms with Crippen molar-refractivity contribution in [3.8, 4) is 46.5 Å². The van der Waals surface area contributed by atoms with Crippen molar-refractivity contribution in [3.63, 3.8) is 0 Å². The second-order valence-electron chi connectivity index (χ2n) is 17.4. The van der Waals surface area contributed by atoms with Crippen LogP contribution < -0.4 is 0 Å². The number of benzene rings is 3. The number of H-pyrrole nitrogens is 1. The number of aromatic amines is 1. The Labute approximate surface area is 537 Å². The minimum atomic E-state index is -0.597. The van der Waals surface area contributed by atoms with Crippen molar-refractivity contribution in [2.45, 2.75) is 129 Å². The summed E-state index contributed by atoms with van der Waals surface area (Å²) in [5.74, 6) is 2.35. The van der Waals surface area contributed by atoms with Gasteiger partial charge >= 0.3 is 23.9 Å². The van der Waals surface area contributed by atoms with Crippen molar-refractivity contribution in [2.75, 3.05) is 0 Å². The number of carbonyl (C=O) groups excluding carboxylic acids is 4. The van der Waals surface area contributed by atoms with Gasteiger partial charge in [-0.05, 0) is 205 Å². The zero-order chi connectivity index (χ0) is 58.5. The highest BCUT2D eigenvalue weighted by atomic mass is 128. The molecule has 0 aliphatic heterocycles. The number of halogens is 6. The van der Waals surface area contributed by atoms with Gasteiger partial charge in [0.15, 0.2) is 17.5 Å². The molecule has 3 aromatic heterocycles. The zero-order valence-corrected chi connectivity index (χ0v) is 58.1. The first kappa shape index (κ1) is 74.1. The summed E-state index contributed by atoms with van der Waals surface area (Å²) in [4.78, 5) is 57.3. The number of rotatable bonds is 12. The first-order valence-corrected chi connectivity index (χ1v) is 34.0. The van der Waals surface area contributed by atoms with E-state index in [1.807, 2.05) is 190 Å². The van der Waals surface area contributed by atoms with Crippen LogP contribution in [-0.2, 0) is 38.1 Å². The fraction of sp³-hybridized carbons (Fsp3) is 0.345. The largest absolute Gasteiger partial charge is 0.459 e. The molecule has 6 rings (SSSR count). The van der Waals surface area contributed by atoms with Gasteiger partial charge in [-0.2, -0.15) is 5.10 Å². The van der Waals surface area contributed by atoms with Gasteiger partial charge in [0.05, 0.1) is 36.8 Å². The monoisotopic (exact) mass is 1740 g/mol. The van der Waals surface area contributed by atoms with Crippen molar-refractivity contribution in [2.24, 2.45) is 0 Å². The van der Waals surface area contributed by atoms with Gasteiger partial charge in [0.25, 0.3) is 0 Å². The van der Waals surface area contributed by atoms with Crippen molar-refractivity contribution in [1.82, 2.24) is 44.7 Å². The van der Waals surface area contributed by atoms with Crippen LogP contribution in [0.3, 0.4) is 0 Å². The maximum atomic E-state index is 11.8. The highest BCUT2D eigenvalue weighted by Gasteiger charge is 2.13. The smallest absolute Gasteiger partial charge is 0.384 e. The van der Waals surface area contributed by atoms with Crippen LogP contribution in [-0.4, -0.2) is 93.0 Å². The fourth-order valence-corrected chi connectivity index (χ4v) is 7.25. The molecule has 3 heterocycles. The van der Waals surface area contributed by atoms with Gasteiger partial charge in [-0.3, -0.25) is 5.10 Å². The van der Waals surface area contributed by atoms with Gasteiger partial charge < -0.3 is 18.9 Å². The molecule has 17 nitrogen and oxygen atoms in total. The molecule has 0 saturated heterocycles. The molecular weight excluding hydrogens is 1680 g/mol. The lowest BCUT2D eigenvalue weighted by Gasteiger charge is -2.06. The topological polar surface area (TPSA) is 208 Å². The lowest BCUT2D eigenvalue weighted by atomic mass is 10.1. The fourth-order valence-electron chi connectivity index (χ4n) is 6.04. The van der Waals surface area contributed by atoms with E-state index in [1.165, 1.54) is 26.8 Å². The molecule has 422 valence electrons. The van der Waals surface area contributed by atoms with E-state index in [2.05, 4.69) is 121 Å². The SMILES string of the molecule is C.C#CC(=O)OC(C)C.CC(C)OC(=O)/C(I)=C\I.Cc1cc(C)cc(-c2ncn(/C=C(/I)C(=O)OC(C)C)n2)c1.Cc1cc(C)cc(-c2ncn(/C=C(\I)C(=O)OC(C)C)n2)c1.Cc1cc(C)cc(-c2ncn[nH]2)c1.II. The summed E-state index contributed by atoms with van der Waals surface area (Å²) in [5.41, 5.74) is 10.2. The highest BCUT2D eigenvalue weighted by molar-refractivity contribution is 15.0. The van der Waals surface area contributed by atoms with Crippen molar-refractivity contribution >= 4 is 164 Å². The van der Waals surface area contributed by atoms with Crippen LogP contribution in [0.4, 0.5) is 0 Å². The van der Waals surface area contributed by atoms with Crippen LogP contribution in [0.2, 0.25) is 0 Å². The predicted molar refractivity (Wildman–Crippen MR) is 362 cm³/mol. The Morgan fingerprint density at radius 3 is 1.13 bits per heavy atom. The average molecular weight is 1740 g/mol. The Hall–Kier alpha value is -3.88. The molecule has 3 aromatic carbocycles. The van der Waals surface area contributed by atoms with Gasteiger partial charge in [0.1, 0.15) is 29.7 Å². The van der Waals surface area contributed by atoms with Crippen LogP contribution >= 0.6 is 128 Å². The van der Waals surface area contributed by atoms with Crippen LogP contribution in [0.5, 0.6) is 0 Å². The predicted octanol–water partition coefficient (Wildman–Crippen LogP) is 15.2. The molecular formula is C55H67I6N9O8. The molecule has 0 aliphatic carbocycles. The summed E-state index contributed by atoms with van der Waals surface area (Å²) in [6.07, 6.45) is 12.1. The van der Waals surface area contributed by atoms with E-state index in [0.29, 0.717) is 22.4 Å². The second kappa shape index (κ2) is 39.5. The van der Waals surface area contributed by atoms with Gasteiger partial charge in [0.2, 0.25) is 0 Å². The standard InChI is InChI=1S/2C16H18IN3O2.C10H11N3.C6H8I2O2.C6H8O2.CH4.I2/c2*1-10(2)22-16(21)14(17)8-20-9-18-15(19-20)13-6-11(3)5-12(4)7-13;1-7-3-8(2)5-9(4-7)10-11-6-12-13-10;1-4(2)10-6(9)5(8)3-7;1-4-6(7)8-5(2)3;;1-2/h2*5-10H,1-4H3;3-6H,1-2H3,(H,11,12,13);3-4H,1-2H3;1,5H,2-3H3;1H4;/b14-8+;14-8-;;5-3+;;;. The molecule has 0 unspecified atom stereocenters. The maximum absolute atomic E-state index is 11.8. The minimum Gasteiger partial charge on any atom is -0.459 e. The molecule has 0 aliphatic rings. The molecule has 0 radical (unpaired) electrons. The molecule has 0 fully saturated rings. The highest BCUT2D eigenvalue weighted by Crippen LogP contribution is 2.22. The molecule has 78 heavy (non-hydrogen) atoms. The Morgan fingerprint density at radius 2 is 0.859 bits per heavy atom. The Bertz CT molecular complexity index is 2790. The summed E-state index contributed by atoms with van der Waals surface area (Å²) in [5, 5.41) is 15.4. The molecule has 1 N–H and O–H groups in total. The van der Waals surface area contributed by atoms with E-state index in [9.17, 15) is 19.2 Å². The lowest BCUT2D eigenvalue weighted by molar-refractivity contribution is -0.142. The summed E-state index contributed by atoms with van der Waals surface area (Å²) in [6, 6.07) is 18.7. The summed E-state index contributed by atoms with van der Waals surface area (Å²) in [7, 11) is 0. The van der Waals surface area contributed by atoms with Gasteiger partial charge in [-0.25, -0.2) is 43.5 Å². The second-order valence-corrected chi connectivity index (χ2v) is 21.5. The normalized spacial score (nSPS) is 10.8. The number of nitrogens with zero attached hydrogens (tertiary/aromatic N) is 8. The van der Waals surface area contributed by atoms with Crippen LogP contribution in [0.1, 0.15) is 96.2 Å². The molecule has 6 aromatic rings. The quantitative estimate of drug-likeness (QED) is 0.0302. The molecule has 0 bridgehead atoms. The first-order valence-electron chi connectivity index (χ1n) is 23.3. The van der Waals surface area contributed by atoms with E-state index in [-0.39, 0.29) is 49.8 Å². The number of aromatic nitrogens is 9.